The second kappa shape index (κ2) is 7.56. The number of ether oxygens (including phenoxy) is 2. The van der Waals surface area contributed by atoms with Crippen molar-refractivity contribution in [3.63, 3.8) is 0 Å². The third-order valence-electron chi connectivity index (χ3n) is 2.55. The number of carbonyl (C=O) groups is 3. The zero-order valence-corrected chi connectivity index (χ0v) is 13.6. The molecule has 0 radical (unpaired) electrons. The summed E-state index contributed by atoms with van der Waals surface area (Å²) in [5, 5.41) is 9.93. The summed E-state index contributed by atoms with van der Waals surface area (Å²) < 4.78 is 10.9. The van der Waals surface area contributed by atoms with Gasteiger partial charge in [-0.3, -0.25) is 4.79 Å². The van der Waals surface area contributed by atoms with Gasteiger partial charge in [-0.05, 0) is 20.8 Å². The lowest BCUT2D eigenvalue weighted by Crippen LogP contribution is -2.34. The Morgan fingerprint density at radius 1 is 1.30 bits per heavy atom. The molecule has 0 spiro atoms. The summed E-state index contributed by atoms with van der Waals surface area (Å²) in [6.45, 7) is 5.16. The number of amides is 2. The number of rotatable bonds is 6. The Bertz CT molecular complexity index is 590. The molecule has 23 heavy (non-hydrogen) atoms. The Labute approximate surface area is 133 Å². The second-order valence-electron chi connectivity index (χ2n) is 5.68. The third kappa shape index (κ3) is 5.93. The Balaban J connectivity index is 2.77. The van der Waals surface area contributed by atoms with Crippen LogP contribution in [-0.2, 0) is 27.2 Å². The summed E-state index contributed by atoms with van der Waals surface area (Å²) in [4.78, 5) is 34.3. The van der Waals surface area contributed by atoms with Gasteiger partial charge in [-0.15, -0.1) is 5.10 Å². The maximum Gasteiger partial charge on any atom is 0.407 e. The zero-order chi connectivity index (χ0) is 17.6. The molecule has 10 heteroatoms. The van der Waals surface area contributed by atoms with Crippen molar-refractivity contribution in [1.82, 2.24) is 20.3 Å². The van der Waals surface area contributed by atoms with Crippen LogP contribution in [0.4, 0.5) is 4.79 Å². The molecule has 0 aliphatic carbocycles. The van der Waals surface area contributed by atoms with Gasteiger partial charge in [0.1, 0.15) is 12.1 Å². The lowest BCUT2D eigenvalue weighted by molar-refractivity contribution is -0.118. The lowest BCUT2D eigenvalue weighted by atomic mass is 10.2. The van der Waals surface area contributed by atoms with Crippen LogP contribution in [0, 0.1) is 0 Å². The molecule has 0 saturated heterocycles. The third-order valence-corrected chi connectivity index (χ3v) is 2.55. The zero-order valence-electron chi connectivity index (χ0n) is 13.6. The molecule has 128 valence electrons. The number of hydrogen-bond acceptors (Lipinski definition) is 7. The largest absolute Gasteiger partial charge is 0.464 e. The SMILES string of the molecule is COC(=O)c1nnn(CC(N)=O)c1CCNC(=O)OC(C)(C)C. The van der Waals surface area contributed by atoms with Gasteiger partial charge in [0.2, 0.25) is 5.91 Å². The predicted molar refractivity (Wildman–Crippen MR) is 78.5 cm³/mol. The van der Waals surface area contributed by atoms with Crippen molar-refractivity contribution >= 4 is 18.0 Å². The molecule has 1 rings (SSSR count). The fourth-order valence-corrected chi connectivity index (χ4v) is 1.71. The van der Waals surface area contributed by atoms with E-state index in [4.69, 9.17) is 10.5 Å². The van der Waals surface area contributed by atoms with E-state index < -0.39 is 23.6 Å². The van der Waals surface area contributed by atoms with E-state index in [0.717, 1.165) is 0 Å². The van der Waals surface area contributed by atoms with E-state index in [2.05, 4.69) is 20.4 Å². The molecular formula is C13H21N5O5. The summed E-state index contributed by atoms with van der Waals surface area (Å²) >= 11 is 0. The van der Waals surface area contributed by atoms with Crippen LogP contribution in [0.5, 0.6) is 0 Å². The van der Waals surface area contributed by atoms with E-state index in [1.807, 2.05) is 0 Å². The van der Waals surface area contributed by atoms with E-state index in [-0.39, 0.29) is 25.2 Å². The number of nitrogens with one attached hydrogen (secondary N) is 1. The van der Waals surface area contributed by atoms with Gasteiger partial charge in [0.15, 0.2) is 5.69 Å². The molecule has 0 aliphatic heterocycles. The molecule has 0 aromatic carbocycles. The van der Waals surface area contributed by atoms with Crippen molar-refractivity contribution in [2.45, 2.75) is 39.3 Å². The van der Waals surface area contributed by atoms with Crippen molar-refractivity contribution in [3.8, 4) is 0 Å². The maximum atomic E-state index is 11.7. The van der Waals surface area contributed by atoms with E-state index in [1.54, 1.807) is 20.8 Å². The van der Waals surface area contributed by atoms with E-state index in [9.17, 15) is 14.4 Å². The van der Waals surface area contributed by atoms with Crippen LogP contribution in [0.15, 0.2) is 0 Å². The first kappa shape index (κ1) is 18.4. The average molecular weight is 327 g/mol. The van der Waals surface area contributed by atoms with Crippen LogP contribution in [0.25, 0.3) is 0 Å². The summed E-state index contributed by atoms with van der Waals surface area (Å²) in [5.41, 5.74) is 4.82. The van der Waals surface area contributed by atoms with Crippen LogP contribution in [0.3, 0.4) is 0 Å². The number of nitrogens with zero attached hydrogens (tertiary/aromatic N) is 3. The predicted octanol–water partition coefficient (Wildman–Crippen LogP) is -0.383. The number of esters is 1. The summed E-state index contributed by atoms with van der Waals surface area (Å²) in [6, 6.07) is 0. The van der Waals surface area contributed by atoms with Gasteiger partial charge in [-0.2, -0.15) is 0 Å². The highest BCUT2D eigenvalue weighted by atomic mass is 16.6. The first-order valence-electron chi connectivity index (χ1n) is 6.90. The minimum absolute atomic E-state index is 0.0280. The topological polar surface area (TPSA) is 138 Å². The molecule has 10 nitrogen and oxygen atoms in total. The Kier molecular flexibility index (Phi) is 6.05. The molecule has 3 N–H and O–H groups in total. The number of primary amides is 1. The van der Waals surface area contributed by atoms with Gasteiger partial charge < -0.3 is 20.5 Å². The number of alkyl carbamates (subject to hydrolysis) is 1. The molecule has 1 aromatic heterocycles. The number of nitrogens with two attached hydrogens (primary N) is 1. The smallest absolute Gasteiger partial charge is 0.407 e. The molecule has 1 heterocycles. The fraction of sp³-hybridized carbons (Fsp3) is 0.615. The maximum absolute atomic E-state index is 11.7. The number of methoxy groups -OCH3 is 1. The van der Waals surface area contributed by atoms with E-state index in [1.165, 1.54) is 11.8 Å². The van der Waals surface area contributed by atoms with Crippen LogP contribution in [0.1, 0.15) is 37.0 Å². The van der Waals surface area contributed by atoms with Gasteiger partial charge >= 0.3 is 12.1 Å². The van der Waals surface area contributed by atoms with E-state index >= 15 is 0 Å². The Hall–Kier alpha value is -2.65. The molecule has 0 aliphatic rings. The Morgan fingerprint density at radius 3 is 2.48 bits per heavy atom. The first-order chi connectivity index (χ1) is 10.6. The summed E-state index contributed by atoms with van der Waals surface area (Å²) in [6.07, 6.45) is -0.393. The molecule has 1 aromatic rings. The second-order valence-corrected chi connectivity index (χ2v) is 5.68. The molecule has 0 atom stereocenters. The highest BCUT2D eigenvalue weighted by Gasteiger charge is 2.21. The normalized spacial score (nSPS) is 11.0. The van der Waals surface area contributed by atoms with Crippen molar-refractivity contribution in [3.05, 3.63) is 11.4 Å². The highest BCUT2D eigenvalue weighted by Crippen LogP contribution is 2.09. The highest BCUT2D eigenvalue weighted by molar-refractivity contribution is 5.88. The van der Waals surface area contributed by atoms with Crippen molar-refractivity contribution in [2.75, 3.05) is 13.7 Å². The number of hydrogen-bond donors (Lipinski definition) is 2. The standard InChI is InChI=1S/C13H21N5O5/c1-13(2,3)23-12(21)15-6-5-8-10(11(20)22-4)16-17-18(8)7-9(14)19/h5-7H2,1-4H3,(H2,14,19)(H,15,21). The Morgan fingerprint density at radius 2 is 1.96 bits per heavy atom. The molecular weight excluding hydrogens is 306 g/mol. The van der Waals surface area contributed by atoms with Gasteiger partial charge in [0.25, 0.3) is 0 Å². The monoisotopic (exact) mass is 327 g/mol. The first-order valence-corrected chi connectivity index (χ1v) is 6.90. The summed E-state index contributed by atoms with van der Waals surface area (Å²) in [7, 11) is 1.21. The van der Waals surface area contributed by atoms with Crippen LogP contribution >= 0.6 is 0 Å². The van der Waals surface area contributed by atoms with Crippen LogP contribution in [0.2, 0.25) is 0 Å². The van der Waals surface area contributed by atoms with Crippen LogP contribution in [-0.4, -0.2) is 52.2 Å². The quantitative estimate of drug-likeness (QED) is 0.679. The fourth-order valence-electron chi connectivity index (χ4n) is 1.71. The van der Waals surface area contributed by atoms with Gasteiger partial charge in [0, 0.05) is 13.0 Å². The number of aromatic nitrogens is 3. The summed E-state index contributed by atoms with van der Waals surface area (Å²) in [5.74, 6) is -1.32. The van der Waals surface area contributed by atoms with Crippen LogP contribution < -0.4 is 11.1 Å². The molecule has 2 amide bonds. The molecule has 0 bridgehead atoms. The molecule has 0 unspecified atom stereocenters. The van der Waals surface area contributed by atoms with Gasteiger partial charge in [-0.1, -0.05) is 5.21 Å². The van der Waals surface area contributed by atoms with Gasteiger partial charge in [0.05, 0.1) is 12.8 Å². The van der Waals surface area contributed by atoms with Gasteiger partial charge in [-0.25, -0.2) is 14.3 Å². The minimum Gasteiger partial charge on any atom is -0.464 e. The van der Waals surface area contributed by atoms with Crippen molar-refractivity contribution < 1.29 is 23.9 Å². The average Bonchev–Trinajstić information content (AvgIpc) is 2.78. The number of carbonyl (C=O) groups excluding carboxylic acids is 3. The minimum atomic E-state index is -0.687. The van der Waals surface area contributed by atoms with Crippen molar-refractivity contribution in [2.24, 2.45) is 5.73 Å². The lowest BCUT2D eigenvalue weighted by Gasteiger charge is -2.19. The van der Waals surface area contributed by atoms with E-state index in [0.29, 0.717) is 5.69 Å². The molecule has 0 fully saturated rings. The molecule has 0 saturated carbocycles. The van der Waals surface area contributed by atoms with Crippen molar-refractivity contribution in [1.29, 1.82) is 0 Å².